The average molecular weight is 316 g/mol. The molecule has 0 bridgehead atoms. The first kappa shape index (κ1) is 11.9. The van der Waals surface area contributed by atoms with Gasteiger partial charge in [0.15, 0.2) is 0 Å². The van der Waals surface area contributed by atoms with Gasteiger partial charge in [-0.15, -0.1) is 0 Å². The molecule has 0 amide bonds. The third-order valence-corrected chi connectivity index (χ3v) is 5.03. The summed E-state index contributed by atoms with van der Waals surface area (Å²) in [6.07, 6.45) is 2.06. The fraction of sp³-hybridized carbons (Fsp3) is 0.190. The number of anilines is 1. The van der Waals surface area contributed by atoms with Crippen LogP contribution in [0.2, 0.25) is 6.82 Å². The molecule has 0 radical (unpaired) electrons. The van der Waals surface area contributed by atoms with Crippen LogP contribution in [0, 0.1) is 6.92 Å². The summed E-state index contributed by atoms with van der Waals surface area (Å²) in [7, 11) is 2.03. The fourth-order valence-corrected chi connectivity index (χ4v) is 3.57. The van der Waals surface area contributed by atoms with Gasteiger partial charge in [0.1, 0.15) is 5.52 Å². The van der Waals surface area contributed by atoms with E-state index in [4.69, 9.17) is 4.11 Å². The predicted molar refractivity (Wildman–Crippen MR) is 103 cm³/mol. The number of rotatable bonds is 1. The maximum Gasteiger partial charge on any atom is 0.405 e. The van der Waals surface area contributed by atoms with E-state index in [0.29, 0.717) is 5.47 Å². The van der Waals surface area contributed by atoms with Gasteiger partial charge in [0, 0.05) is 20.8 Å². The number of benzene rings is 2. The maximum absolute atomic E-state index is 8.10. The van der Waals surface area contributed by atoms with Crippen LogP contribution in [0.25, 0.3) is 22.6 Å². The number of fused-ring (bicyclic) bond motifs is 2. The van der Waals surface area contributed by atoms with Crippen LogP contribution < -0.4 is 19.8 Å². The smallest absolute Gasteiger partial charge is 0.293 e. The van der Waals surface area contributed by atoms with Crippen LogP contribution >= 0.6 is 0 Å². The molecule has 1 aromatic heterocycles. The number of aromatic nitrogens is 1. The van der Waals surface area contributed by atoms with E-state index in [9.17, 15) is 0 Å². The summed E-state index contributed by atoms with van der Waals surface area (Å²) in [5, 5.41) is 2.96. The molecular weight excluding hydrogens is 291 g/mol. The van der Waals surface area contributed by atoms with Crippen molar-refractivity contribution in [2.75, 3.05) is 4.81 Å². The molecule has 0 unspecified atom stereocenters. The van der Waals surface area contributed by atoms with Gasteiger partial charge in [-0.05, 0) is 49.0 Å². The lowest BCUT2D eigenvalue weighted by Gasteiger charge is -2.23. The molecule has 118 valence electrons. The normalized spacial score (nSPS) is 16.3. The van der Waals surface area contributed by atoms with Crippen LogP contribution in [0.5, 0.6) is 0 Å². The number of pyridine rings is 1. The molecule has 3 aromatic rings. The van der Waals surface area contributed by atoms with Gasteiger partial charge >= 0.3 is 6.85 Å². The standard InChI is InChI=1S/C21H22BN2/c1-15-8-7-11-20-18(15)12-13-21(23(20)4)24-14-17-9-5-6-10-19(17)16(2)22(24)3/h5-14H,1-4H3/q+1/i2D3. The Morgan fingerprint density at radius 3 is 2.71 bits per heavy atom. The molecule has 2 heterocycles. The Morgan fingerprint density at radius 1 is 1.04 bits per heavy atom. The van der Waals surface area contributed by atoms with E-state index >= 15 is 0 Å². The minimum atomic E-state index is -2.14. The van der Waals surface area contributed by atoms with Crippen molar-refractivity contribution in [3.63, 3.8) is 0 Å². The Morgan fingerprint density at radius 2 is 1.88 bits per heavy atom. The molecule has 0 saturated carbocycles. The second-order valence-corrected chi connectivity index (χ2v) is 6.47. The minimum Gasteiger partial charge on any atom is -0.293 e. The average Bonchev–Trinajstić information content (AvgIpc) is 2.61. The quantitative estimate of drug-likeness (QED) is 0.494. The molecular formula is C21H22BN2+. The van der Waals surface area contributed by atoms with Gasteiger partial charge in [0.05, 0.1) is 13.2 Å². The first-order valence-corrected chi connectivity index (χ1v) is 8.27. The van der Waals surface area contributed by atoms with Gasteiger partial charge in [-0.25, -0.2) is 4.57 Å². The molecule has 2 aromatic carbocycles. The Kier molecular flexibility index (Phi) is 2.74. The van der Waals surface area contributed by atoms with Crippen molar-refractivity contribution >= 4 is 35.2 Å². The largest absolute Gasteiger partial charge is 0.405 e. The van der Waals surface area contributed by atoms with E-state index in [1.54, 1.807) is 0 Å². The summed E-state index contributed by atoms with van der Waals surface area (Å²) in [5.41, 5.74) is 2.85. The molecule has 1 aliphatic heterocycles. The van der Waals surface area contributed by atoms with Crippen molar-refractivity contribution in [1.82, 2.24) is 0 Å². The van der Waals surface area contributed by atoms with Crippen molar-refractivity contribution in [1.29, 1.82) is 0 Å². The summed E-state index contributed by atoms with van der Waals surface area (Å²) in [6.45, 7) is 1.66. The van der Waals surface area contributed by atoms with Crippen molar-refractivity contribution in [2.45, 2.75) is 20.6 Å². The van der Waals surface area contributed by atoms with E-state index in [1.165, 1.54) is 10.9 Å². The van der Waals surface area contributed by atoms with Crippen LogP contribution in [0.3, 0.4) is 0 Å². The lowest BCUT2D eigenvalue weighted by molar-refractivity contribution is -0.631. The maximum atomic E-state index is 8.10. The highest BCUT2D eigenvalue weighted by Gasteiger charge is 2.32. The van der Waals surface area contributed by atoms with Crippen LogP contribution in [-0.2, 0) is 7.05 Å². The summed E-state index contributed by atoms with van der Waals surface area (Å²) in [6, 6.07) is 18.2. The Balaban J connectivity index is 1.98. The van der Waals surface area contributed by atoms with Gasteiger partial charge in [-0.3, -0.25) is 4.81 Å². The zero-order valence-electron chi connectivity index (χ0n) is 17.2. The lowest BCUT2D eigenvalue weighted by Crippen LogP contribution is -2.50. The van der Waals surface area contributed by atoms with E-state index in [0.717, 1.165) is 21.8 Å². The van der Waals surface area contributed by atoms with Crippen molar-refractivity contribution in [3.8, 4) is 0 Å². The van der Waals surface area contributed by atoms with Gasteiger partial charge in [0.2, 0.25) is 0 Å². The van der Waals surface area contributed by atoms with Crippen molar-refractivity contribution in [2.24, 2.45) is 7.05 Å². The second-order valence-electron chi connectivity index (χ2n) is 6.47. The Hall–Kier alpha value is -2.55. The summed E-state index contributed by atoms with van der Waals surface area (Å²) in [5.74, 6) is 0.969. The van der Waals surface area contributed by atoms with E-state index < -0.39 is 6.85 Å². The highest BCUT2D eigenvalue weighted by Crippen LogP contribution is 2.22. The Labute approximate surface area is 147 Å². The van der Waals surface area contributed by atoms with Gasteiger partial charge in [0.25, 0.3) is 5.82 Å². The number of hydrogen-bond acceptors (Lipinski definition) is 1. The monoisotopic (exact) mass is 316 g/mol. The third-order valence-electron chi connectivity index (χ3n) is 5.03. The molecule has 4 rings (SSSR count). The van der Waals surface area contributed by atoms with Crippen LogP contribution in [-0.4, -0.2) is 6.85 Å². The molecule has 1 aliphatic rings. The molecule has 3 heteroatoms. The number of nitrogens with zero attached hydrogens (tertiary/aromatic N) is 2. The summed E-state index contributed by atoms with van der Waals surface area (Å²) in [4.78, 5) is 2.08. The van der Waals surface area contributed by atoms with E-state index in [1.807, 2.05) is 38.1 Å². The number of aryl methyl sites for hydroxylation is 2. The summed E-state index contributed by atoms with van der Waals surface area (Å²) >= 11 is 0. The number of hydrogen-bond donors (Lipinski definition) is 0. The molecule has 0 fully saturated rings. The zero-order chi connectivity index (χ0) is 19.3. The molecule has 2 nitrogen and oxygen atoms in total. The van der Waals surface area contributed by atoms with E-state index in [-0.39, 0.29) is 6.85 Å². The molecule has 0 N–H and O–H groups in total. The zero-order valence-corrected chi connectivity index (χ0v) is 14.2. The topological polar surface area (TPSA) is 7.12 Å². The first-order chi connectivity index (χ1) is 12.8. The van der Waals surface area contributed by atoms with E-state index in [2.05, 4.69) is 52.8 Å². The predicted octanol–water partition coefficient (Wildman–Crippen LogP) is 2.56. The first-order valence-electron chi connectivity index (χ1n) is 9.77. The van der Waals surface area contributed by atoms with Crippen molar-refractivity contribution < 1.29 is 8.68 Å². The van der Waals surface area contributed by atoms with Gasteiger partial charge in [-0.1, -0.05) is 36.4 Å². The molecule has 24 heavy (non-hydrogen) atoms. The molecule has 0 aliphatic carbocycles. The minimum absolute atomic E-state index is 0.263. The molecule has 0 spiro atoms. The van der Waals surface area contributed by atoms with Crippen molar-refractivity contribution in [3.05, 3.63) is 70.6 Å². The van der Waals surface area contributed by atoms with Crippen LogP contribution in [0.4, 0.5) is 5.82 Å². The lowest BCUT2D eigenvalue weighted by atomic mass is 9.55. The van der Waals surface area contributed by atoms with Crippen LogP contribution in [0.1, 0.15) is 16.5 Å². The fourth-order valence-electron chi connectivity index (χ4n) is 3.57. The van der Waals surface area contributed by atoms with Crippen LogP contribution in [0.15, 0.2) is 54.6 Å². The van der Waals surface area contributed by atoms with Gasteiger partial charge < -0.3 is 0 Å². The van der Waals surface area contributed by atoms with Gasteiger partial charge in [-0.2, -0.15) is 0 Å². The molecule has 0 atom stereocenters. The molecule has 0 saturated heterocycles. The highest BCUT2D eigenvalue weighted by molar-refractivity contribution is 6.80. The summed E-state index contributed by atoms with van der Waals surface area (Å²) < 4.78 is 26.4. The highest BCUT2D eigenvalue weighted by atomic mass is 15.2. The third kappa shape index (κ3) is 2.15. The second kappa shape index (κ2) is 5.52. The Bertz CT molecular complexity index is 1170. The SMILES string of the molecule is [2H]C([2H])([2H])C1=c2ccccc2=CN(c2ccc3c(C)cccc3[n+]2C)B1C.